The molecule has 2 aliphatic rings. The predicted octanol–water partition coefficient (Wildman–Crippen LogP) is 1.35. The summed E-state index contributed by atoms with van der Waals surface area (Å²) in [4.78, 5) is 0. The van der Waals surface area contributed by atoms with Crippen molar-refractivity contribution in [3.05, 3.63) is 0 Å². The average Bonchev–Trinajstić information content (AvgIpc) is 2.68. The fourth-order valence-corrected chi connectivity index (χ4v) is 3.06. The molecule has 12 heavy (non-hydrogen) atoms. The molecule has 2 rings (SSSR count). The van der Waals surface area contributed by atoms with Gasteiger partial charge < -0.3 is 0 Å². The van der Waals surface area contributed by atoms with Crippen LogP contribution in [0.2, 0.25) is 0 Å². The lowest BCUT2D eigenvalue weighted by Gasteiger charge is -2.29. The summed E-state index contributed by atoms with van der Waals surface area (Å²) in [6, 6.07) is 0. The summed E-state index contributed by atoms with van der Waals surface area (Å²) >= 11 is 0. The van der Waals surface area contributed by atoms with Gasteiger partial charge in [0, 0.05) is 23.8 Å². The monoisotopic (exact) mass is 209 g/mol. The maximum atomic E-state index is 11.0. The highest BCUT2D eigenvalue weighted by molar-refractivity contribution is 8.11. The van der Waals surface area contributed by atoms with Gasteiger partial charge in [-0.25, -0.2) is 0 Å². The van der Waals surface area contributed by atoms with Gasteiger partial charge in [-0.3, -0.25) is 0 Å². The van der Waals surface area contributed by atoms with Crippen molar-refractivity contribution in [2.24, 2.45) is 5.41 Å². The third-order valence-corrected chi connectivity index (χ3v) is 4.41. The summed E-state index contributed by atoms with van der Waals surface area (Å²) in [5.74, 6) is 0. The van der Waals surface area contributed by atoms with Crippen molar-refractivity contribution in [3.63, 3.8) is 0 Å². The molecule has 2 fully saturated rings. The van der Waals surface area contributed by atoms with E-state index in [0.29, 0.717) is 18.5 Å². The maximum absolute atomic E-state index is 11.0. The van der Waals surface area contributed by atoms with Crippen LogP contribution >= 0.6 is 10.7 Å². The lowest BCUT2D eigenvalue weighted by molar-refractivity contribution is 0.253. The highest BCUT2D eigenvalue weighted by Crippen LogP contribution is 2.52. The Bertz CT molecular complexity index is 284. The van der Waals surface area contributed by atoms with E-state index in [-0.39, 0.29) is 0 Å². The van der Waals surface area contributed by atoms with Gasteiger partial charge in [0.1, 0.15) is 0 Å². The summed E-state index contributed by atoms with van der Waals surface area (Å²) < 4.78 is 23.4. The Kier molecular flexibility index (Phi) is 1.90. The smallest absolute Gasteiger partial charge is 0.195 e. The molecule has 1 spiro atoms. The first-order valence-corrected chi connectivity index (χ1v) is 6.48. The third kappa shape index (κ3) is 1.60. The molecule has 1 saturated carbocycles. The second-order valence-corrected chi connectivity index (χ2v) is 6.39. The molecule has 0 aromatic heterocycles. The zero-order chi connectivity index (χ0) is 8.82. The van der Waals surface area contributed by atoms with Gasteiger partial charge in [0.15, 0.2) is 0 Å². The van der Waals surface area contributed by atoms with Crippen molar-refractivity contribution in [3.8, 4) is 0 Å². The first-order valence-electron chi connectivity index (χ1n) is 4.22. The summed E-state index contributed by atoms with van der Waals surface area (Å²) in [7, 11) is 1.81. The summed E-state index contributed by atoms with van der Waals surface area (Å²) in [6.07, 6.45) is 4.49. The Morgan fingerprint density at radius 1 is 1.25 bits per heavy atom. The van der Waals surface area contributed by atoms with E-state index in [2.05, 4.69) is 0 Å². The zero-order valence-electron chi connectivity index (χ0n) is 6.79. The average molecular weight is 210 g/mol. The highest BCUT2D eigenvalue weighted by atomic mass is 35.7. The Labute approximate surface area is 77.2 Å². The molecule has 0 amide bonds. The molecule has 3 nitrogen and oxygen atoms in total. The Morgan fingerprint density at radius 2 is 1.92 bits per heavy atom. The molecule has 0 bridgehead atoms. The van der Waals surface area contributed by atoms with Crippen molar-refractivity contribution < 1.29 is 8.42 Å². The van der Waals surface area contributed by atoms with E-state index < -0.39 is 9.24 Å². The standard InChI is InChI=1S/C7H12ClNO2S/c8-12(10,11)9-5-1-2-7(6-9)3-4-7/h1-6H2. The summed E-state index contributed by atoms with van der Waals surface area (Å²) in [5, 5.41) is 0. The molecule has 1 aliphatic carbocycles. The molecule has 0 radical (unpaired) electrons. The molecule has 1 aliphatic heterocycles. The Balaban J connectivity index is 2.09. The van der Waals surface area contributed by atoms with Crippen molar-refractivity contribution in [2.45, 2.75) is 25.7 Å². The second-order valence-electron chi connectivity index (χ2n) is 3.88. The zero-order valence-corrected chi connectivity index (χ0v) is 8.36. The van der Waals surface area contributed by atoms with Crippen LogP contribution in [0, 0.1) is 5.41 Å². The molecule has 0 atom stereocenters. The predicted molar refractivity (Wildman–Crippen MR) is 47.2 cm³/mol. The van der Waals surface area contributed by atoms with Gasteiger partial charge in [-0.05, 0) is 31.1 Å². The normalized spacial score (nSPS) is 29.1. The van der Waals surface area contributed by atoms with Crippen LogP contribution in [0.25, 0.3) is 0 Å². The number of hydrogen-bond donors (Lipinski definition) is 0. The van der Waals surface area contributed by atoms with E-state index in [4.69, 9.17) is 10.7 Å². The quantitative estimate of drug-likeness (QED) is 0.612. The summed E-state index contributed by atoms with van der Waals surface area (Å²) in [6.45, 7) is 1.26. The lowest BCUT2D eigenvalue weighted by Crippen LogP contribution is -2.38. The van der Waals surface area contributed by atoms with Crippen LogP contribution in [0.4, 0.5) is 0 Å². The third-order valence-electron chi connectivity index (χ3n) is 2.89. The van der Waals surface area contributed by atoms with Crippen molar-refractivity contribution in [1.29, 1.82) is 0 Å². The number of hydrogen-bond acceptors (Lipinski definition) is 2. The minimum Gasteiger partial charge on any atom is -0.195 e. The van der Waals surface area contributed by atoms with Gasteiger partial charge in [0.2, 0.25) is 0 Å². The van der Waals surface area contributed by atoms with E-state index in [0.717, 1.165) is 6.42 Å². The molecule has 0 unspecified atom stereocenters. The van der Waals surface area contributed by atoms with E-state index >= 15 is 0 Å². The van der Waals surface area contributed by atoms with Gasteiger partial charge in [0.05, 0.1) is 0 Å². The molecule has 1 saturated heterocycles. The molecule has 0 aromatic carbocycles. The molecular weight excluding hydrogens is 198 g/mol. The molecular formula is C7H12ClNO2S. The van der Waals surface area contributed by atoms with E-state index in [1.54, 1.807) is 0 Å². The fourth-order valence-electron chi connectivity index (χ4n) is 1.93. The maximum Gasteiger partial charge on any atom is 0.299 e. The molecule has 5 heteroatoms. The first-order chi connectivity index (χ1) is 5.52. The van der Waals surface area contributed by atoms with Crippen molar-refractivity contribution >= 4 is 19.9 Å². The van der Waals surface area contributed by atoms with Crippen LogP contribution in [0.3, 0.4) is 0 Å². The SMILES string of the molecule is O=S(=O)(Cl)N1CCCC2(CC2)C1. The van der Waals surface area contributed by atoms with Crippen LogP contribution in [-0.2, 0) is 9.24 Å². The Morgan fingerprint density at radius 3 is 2.42 bits per heavy atom. The lowest BCUT2D eigenvalue weighted by atomic mass is 9.97. The van der Waals surface area contributed by atoms with E-state index in [1.807, 2.05) is 0 Å². The minimum absolute atomic E-state index is 0.320. The molecule has 0 N–H and O–H groups in total. The molecule has 0 aromatic rings. The number of piperidine rings is 1. The number of nitrogens with zero attached hydrogens (tertiary/aromatic N) is 1. The van der Waals surface area contributed by atoms with E-state index in [1.165, 1.54) is 23.6 Å². The summed E-state index contributed by atoms with van der Waals surface area (Å²) in [5.41, 5.74) is 0.320. The van der Waals surface area contributed by atoms with Gasteiger partial charge >= 0.3 is 0 Å². The van der Waals surface area contributed by atoms with Gasteiger partial charge in [-0.1, -0.05) is 0 Å². The topological polar surface area (TPSA) is 37.4 Å². The van der Waals surface area contributed by atoms with Crippen LogP contribution in [0.5, 0.6) is 0 Å². The second kappa shape index (κ2) is 2.59. The minimum atomic E-state index is -3.45. The number of rotatable bonds is 1. The molecule has 1 heterocycles. The first kappa shape index (κ1) is 8.78. The van der Waals surface area contributed by atoms with Gasteiger partial charge in [0.25, 0.3) is 9.24 Å². The van der Waals surface area contributed by atoms with E-state index in [9.17, 15) is 8.42 Å². The van der Waals surface area contributed by atoms with Crippen LogP contribution in [0.15, 0.2) is 0 Å². The molecule has 70 valence electrons. The highest BCUT2D eigenvalue weighted by Gasteiger charge is 2.47. The van der Waals surface area contributed by atoms with Gasteiger partial charge in [-0.2, -0.15) is 12.7 Å². The van der Waals surface area contributed by atoms with Crippen molar-refractivity contribution in [2.75, 3.05) is 13.1 Å². The van der Waals surface area contributed by atoms with Crippen molar-refractivity contribution in [1.82, 2.24) is 4.31 Å². The fraction of sp³-hybridized carbons (Fsp3) is 1.00. The van der Waals surface area contributed by atoms with Crippen LogP contribution in [0.1, 0.15) is 25.7 Å². The van der Waals surface area contributed by atoms with Gasteiger partial charge in [-0.15, -0.1) is 0 Å². The largest absolute Gasteiger partial charge is 0.299 e. The van der Waals surface area contributed by atoms with Crippen LogP contribution < -0.4 is 0 Å². The number of halogens is 1. The Hall–Kier alpha value is 0.200. The van der Waals surface area contributed by atoms with Crippen LogP contribution in [-0.4, -0.2) is 25.8 Å².